The molecule has 2 aromatic rings. The molecule has 0 fully saturated rings. The van der Waals surface area contributed by atoms with Gasteiger partial charge in [-0.2, -0.15) is 0 Å². The molecular weight excluding hydrogens is 248 g/mol. The average Bonchev–Trinajstić information content (AvgIpc) is 2.52. The van der Waals surface area contributed by atoms with E-state index in [9.17, 15) is 4.79 Å². The highest BCUT2D eigenvalue weighted by Crippen LogP contribution is 2.05. The Morgan fingerprint density at radius 1 is 1.05 bits per heavy atom. The molecule has 0 saturated heterocycles. The highest BCUT2D eigenvalue weighted by molar-refractivity contribution is 5.75. The van der Waals surface area contributed by atoms with Crippen LogP contribution in [0.25, 0.3) is 0 Å². The van der Waals surface area contributed by atoms with Gasteiger partial charge in [-0.25, -0.2) is 0 Å². The molecule has 0 amide bonds. The van der Waals surface area contributed by atoms with Crippen molar-refractivity contribution in [3.8, 4) is 11.8 Å². The summed E-state index contributed by atoms with van der Waals surface area (Å²) in [5, 5.41) is 0. The number of esters is 1. The second-order valence-electron chi connectivity index (χ2n) is 4.45. The third-order valence-electron chi connectivity index (χ3n) is 2.78. The number of ether oxygens (including phenoxy) is 1. The van der Waals surface area contributed by atoms with E-state index in [-0.39, 0.29) is 12.6 Å². The van der Waals surface area contributed by atoms with Gasteiger partial charge < -0.3 is 4.74 Å². The normalized spacial score (nSPS) is 11.1. The lowest BCUT2D eigenvalue weighted by Gasteiger charge is -2.06. The fraction of sp³-hybridized carbons (Fsp3) is 0.167. The lowest BCUT2D eigenvalue weighted by atomic mass is 10.1. The van der Waals surface area contributed by atoms with E-state index in [1.165, 1.54) is 0 Å². The minimum absolute atomic E-state index is 0.289. The molecule has 0 saturated carbocycles. The summed E-state index contributed by atoms with van der Waals surface area (Å²) in [6, 6.07) is 19.2. The minimum atomic E-state index is -0.432. The lowest BCUT2D eigenvalue weighted by molar-refractivity contribution is -0.147. The van der Waals surface area contributed by atoms with Crippen LogP contribution in [0.5, 0.6) is 0 Å². The van der Waals surface area contributed by atoms with Crippen LogP contribution in [-0.4, -0.2) is 5.97 Å². The van der Waals surface area contributed by atoms with Gasteiger partial charge in [0.25, 0.3) is 0 Å². The Balaban J connectivity index is 1.88. The Labute approximate surface area is 119 Å². The van der Waals surface area contributed by atoms with Crippen LogP contribution in [0.4, 0.5) is 0 Å². The number of hydrogen-bond donors (Lipinski definition) is 0. The van der Waals surface area contributed by atoms with Crippen LogP contribution in [0.1, 0.15) is 18.1 Å². The molecule has 1 atom stereocenters. The average molecular weight is 264 g/mol. The Kier molecular flexibility index (Phi) is 4.97. The molecule has 0 aliphatic rings. The van der Waals surface area contributed by atoms with Crippen LogP contribution in [0.3, 0.4) is 0 Å². The van der Waals surface area contributed by atoms with Crippen LogP contribution in [0.2, 0.25) is 0 Å². The van der Waals surface area contributed by atoms with E-state index in [0.717, 1.165) is 11.1 Å². The fourth-order valence-corrected chi connectivity index (χ4v) is 1.63. The van der Waals surface area contributed by atoms with Crippen molar-refractivity contribution in [2.45, 2.75) is 13.5 Å². The summed E-state index contributed by atoms with van der Waals surface area (Å²) in [5.41, 5.74) is 1.87. The van der Waals surface area contributed by atoms with Gasteiger partial charge in [-0.05, 0) is 24.6 Å². The van der Waals surface area contributed by atoms with Crippen molar-refractivity contribution in [1.29, 1.82) is 0 Å². The molecule has 2 aromatic carbocycles. The van der Waals surface area contributed by atoms with Crippen LogP contribution in [0, 0.1) is 17.8 Å². The standard InChI is InChI=1S/C18H16O2/c1-15(12-13-16-8-4-2-5-9-16)18(19)20-14-17-10-6-3-7-11-17/h2-11,15H,14H2,1H3. The topological polar surface area (TPSA) is 26.3 Å². The van der Waals surface area contributed by atoms with Gasteiger partial charge in [-0.15, -0.1) is 0 Å². The Morgan fingerprint density at radius 2 is 1.65 bits per heavy atom. The highest BCUT2D eigenvalue weighted by atomic mass is 16.5. The molecule has 0 radical (unpaired) electrons. The van der Waals surface area contributed by atoms with E-state index in [4.69, 9.17) is 4.74 Å². The Bertz CT molecular complexity index is 606. The third-order valence-corrected chi connectivity index (χ3v) is 2.78. The van der Waals surface area contributed by atoms with Gasteiger partial charge in [0.15, 0.2) is 0 Å². The van der Waals surface area contributed by atoms with Crippen LogP contribution >= 0.6 is 0 Å². The SMILES string of the molecule is CC(C#Cc1ccccc1)C(=O)OCc1ccccc1. The Hall–Kier alpha value is -2.53. The molecule has 0 aliphatic carbocycles. The van der Waals surface area contributed by atoms with Gasteiger partial charge in [0, 0.05) is 5.56 Å². The maximum atomic E-state index is 11.8. The van der Waals surface area contributed by atoms with Crippen molar-refractivity contribution in [2.24, 2.45) is 5.92 Å². The molecule has 2 rings (SSSR count). The maximum absolute atomic E-state index is 11.8. The molecule has 0 aromatic heterocycles. The van der Waals surface area contributed by atoms with E-state index in [1.807, 2.05) is 60.7 Å². The highest BCUT2D eigenvalue weighted by Gasteiger charge is 2.11. The van der Waals surface area contributed by atoms with Crippen molar-refractivity contribution in [2.75, 3.05) is 0 Å². The van der Waals surface area contributed by atoms with Crippen molar-refractivity contribution < 1.29 is 9.53 Å². The summed E-state index contributed by atoms with van der Waals surface area (Å²) in [6.45, 7) is 2.04. The van der Waals surface area contributed by atoms with Crippen LogP contribution in [0.15, 0.2) is 60.7 Å². The van der Waals surface area contributed by atoms with Gasteiger partial charge in [0.2, 0.25) is 0 Å². The molecule has 20 heavy (non-hydrogen) atoms. The summed E-state index contributed by atoms with van der Waals surface area (Å²) in [4.78, 5) is 11.8. The number of benzene rings is 2. The Morgan fingerprint density at radius 3 is 2.30 bits per heavy atom. The number of rotatable bonds is 3. The predicted octanol–water partition coefficient (Wildman–Crippen LogP) is 3.42. The molecule has 0 N–H and O–H groups in total. The summed E-state index contributed by atoms with van der Waals surface area (Å²) in [6.07, 6.45) is 0. The van der Waals surface area contributed by atoms with Gasteiger partial charge in [0.05, 0.1) is 0 Å². The zero-order valence-electron chi connectivity index (χ0n) is 11.4. The predicted molar refractivity (Wildman–Crippen MR) is 78.7 cm³/mol. The van der Waals surface area contributed by atoms with Crippen molar-refractivity contribution in [3.63, 3.8) is 0 Å². The molecule has 0 heterocycles. The summed E-state index contributed by atoms with van der Waals surface area (Å²) < 4.78 is 5.24. The lowest BCUT2D eigenvalue weighted by Crippen LogP contribution is -2.13. The number of carbonyl (C=O) groups is 1. The van der Waals surface area contributed by atoms with E-state index in [2.05, 4.69) is 11.8 Å². The van der Waals surface area contributed by atoms with E-state index in [0.29, 0.717) is 0 Å². The largest absolute Gasteiger partial charge is 0.460 e. The fourth-order valence-electron chi connectivity index (χ4n) is 1.63. The summed E-state index contributed by atoms with van der Waals surface area (Å²) in [7, 11) is 0. The zero-order valence-corrected chi connectivity index (χ0v) is 11.4. The first-order valence-corrected chi connectivity index (χ1v) is 6.53. The van der Waals surface area contributed by atoms with Gasteiger partial charge in [0.1, 0.15) is 12.5 Å². The molecule has 2 heteroatoms. The zero-order chi connectivity index (χ0) is 14.2. The van der Waals surface area contributed by atoms with Crippen molar-refractivity contribution in [1.82, 2.24) is 0 Å². The molecule has 1 unspecified atom stereocenters. The summed E-state index contributed by atoms with van der Waals surface area (Å²) in [5.74, 6) is 5.16. The van der Waals surface area contributed by atoms with Crippen LogP contribution in [-0.2, 0) is 16.1 Å². The molecule has 100 valence electrons. The molecular formula is C18H16O2. The van der Waals surface area contributed by atoms with E-state index in [1.54, 1.807) is 6.92 Å². The molecule has 2 nitrogen and oxygen atoms in total. The monoisotopic (exact) mass is 264 g/mol. The van der Waals surface area contributed by atoms with Gasteiger partial charge >= 0.3 is 5.97 Å². The minimum Gasteiger partial charge on any atom is -0.460 e. The molecule has 0 aliphatic heterocycles. The quantitative estimate of drug-likeness (QED) is 0.627. The van der Waals surface area contributed by atoms with E-state index >= 15 is 0 Å². The first-order chi connectivity index (χ1) is 9.75. The summed E-state index contributed by atoms with van der Waals surface area (Å²) >= 11 is 0. The first-order valence-electron chi connectivity index (χ1n) is 6.53. The number of hydrogen-bond acceptors (Lipinski definition) is 2. The van der Waals surface area contributed by atoms with Gasteiger partial charge in [-0.1, -0.05) is 60.4 Å². The third kappa shape index (κ3) is 4.29. The first kappa shape index (κ1) is 13.9. The van der Waals surface area contributed by atoms with Crippen LogP contribution < -0.4 is 0 Å². The van der Waals surface area contributed by atoms with E-state index < -0.39 is 5.92 Å². The maximum Gasteiger partial charge on any atom is 0.321 e. The van der Waals surface area contributed by atoms with Crippen molar-refractivity contribution >= 4 is 5.97 Å². The second kappa shape index (κ2) is 7.16. The smallest absolute Gasteiger partial charge is 0.321 e. The van der Waals surface area contributed by atoms with Crippen molar-refractivity contribution in [3.05, 3.63) is 71.8 Å². The number of carbonyl (C=O) groups excluding carboxylic acids is 1. The molecule has 0 bridgehead atoms. The molecule has 0 spiro atoms. The van der Waals surface area contributed by atoms with Gasteiger partial charge in [-0.3, -0.25) is 4.79 Å². The second-order valence-corrected chi connectivity index (χ2v) is 4.45.